The molecular formula is C24H30N4O2. The molecule has 0 bridgehead atoms. The van der Waals surface area contributed by atoms with E-state index in [9.17, 15) is 9.59 Å². The number of hydrogen-bond acceptors (Lipinski definition) is 4. The summed E-state index contributed by atoms with van der Waals surface area (Å²) in [6, 6.07) is 18.1. The maximum Gasteiger partial charge on any atom is 0.244 e. The lowest BCUT2D eigenvalue weighted by Crippen LogP contribution is -2.52. The molecule has 2 amide bonds. The molecule has 0 saturated carbocycles. The van der Waals surface area contributed by atoms with Gasteiger partial charge in [0.25, 0.3) is 0 Å². The van der Waals surface area contributed by atoms with Crippen LogP contribution in [0.1, 0.15) is 25.3 Å². The third-order valence-electron chi connectivity index (χ3n) is 5.94. The predicted molar refractivity (Wildman–Crippen MR) is 119 cm³/mol. The molecule has 2 fully saturated rings. The average Bonchev–Trinajstić information content (AvgIpc) is 3.18. The van der Waals surface area contributed by atoms with Gasteiger partial charge < -0.3 is 20.0 Å². The second-order valence-corrected chi connectivity index (χ2v) is 8.13. The molecular weight excluding hydrogens is 376 g/mol. The fourth-order valence-corrected chi connectivity index (χ4v) is 4.26. The Morgan fingerprint density at radius 1 is 1.00 bits per heavy atom. The molecule has 30 heavy (non-hydrogen) atoms. The fourth-order valence-electron chi connectivity index (χ4n) is 4.26. The van der Waals surface area contributed by atoms with E-state index in [1.54, 1.807) is 0 Å². The van der Waals surface area contributed by atoms with Crippen molar-refractivity contribution >= 4 is 23.2 Å². The summed E-state index contributed by atoms with van der Waals surface area (Å²) in [5, 5.41) is 3.35. The van der Waals surface area contributed by atoms with Gasteiger partial charge in [0.15, 0.2) is 0 Å². The normalized spacial score (nSPS) is 17.9. The Morgan fingerprint density at radius 2 is 1.77 bits per heavy atom. The van der Waals surface area contributed by atoms with Gasteiger partial charge in [0, 0.05) is 57.1 Å². The van der Waals surface area contributed by atoms with E-state index in [-0.39, 0.29) is 17.9 Å². The number of benzene rings is 2. The Morgan fingerprint density at radius 3 is 2.47 bits per heavy atom. The number of likely N-dealkylation sites (tertiary alicyclic amines) is 1. The number of nitrogens with one attached hydrogen (secondary N) is 1. The van der Waals surface area contributed by atoms with E-state index in [1.807, 2.05) is 59.2 Å². The summed E-state index contributed by atoms with van der Waals surface area (Å²) in [6.07, 6.45) is 1.60. The van der Waals surface area contributed by atoms with Gasteiger partial charge >= 0.3 is 0 Å². The Hall–Kier alpha value is -3.02. The van der Waals surface area contributed by atoms with Crippen LogP contribution >= 0.6 is 0 Å². The zero-order valence-electron chi connectivity index (χ0n) is 17.6. The first kappa shape index (κ1) is 20.3. The van der Waals surface area contributed by atoms with Crippen LogP contribution in [0, 0.1) is 0 Å². The topological polar surface area (TPSA) is 55.9 Å². The van der Waals surface area contributed by atoms with Crippen molar-refractivity contribution in [2.45, 2.75) is 32.4 Å². The molecule has 2 saturated heterocycles. The number of anilines is 2. The number of rotatable bonds is 6. The highest BCUT2D eigenvalue weighted by atomic mass is 16.2. The first-order valence-electron chi connectivity index (χ1n) is 10.8. The number of para-hydroxylation sites is 1. The van der Waals surface area contributed by atoms with Crippen molar-refractivity contribution in [3.63, 3.8) is 0 Å². The van der Waals surface area contributed by atoms with Crippen molar-refractivity contribution in [3.05, 3.63) is 60.2 Å². The first-order valence-corrected chi connectivity index (χ1v) is 10.8. The monoisotopic (exact) mass is 406 g/mol. The van der Waals surface area contributed by atoms with Crippen LogP contribution in [0.2, 0.25) is 0 Å². The molecule has 0 aliphatic carbocycles. The molecule has 2 aliphatic heterocycles. The molecule has 2 aromatic rings. The Kier molecular flexibility index (Phi) is 6.21. The Balaban J connectivity index is 1.30. The Labute approximate surface area is 178 Å². The van der Waals surface area contributed by atoms with Crippen molar-refractivity contribution in [1.29, 1.82) is 0 Å². The van der Waals surface area contributed by atoms with Gasteiger partial charge in [-0.2, -0.15) is 0 Å². The fraction of sp³-hybridized carbons (Fsp3) is 0.417. The zero-order chi connectivity index (χ0) is 20.9. The molecule has 1 atom stereocenters. The maximum atomic E-state index is 12.9. The smallest absolute Gasteiger partial charge is 0.244 e. The molecule has 2 aliphatic rings. The van der Waals surface area contributed by atoms with Crippen molar-refractivity contribution in [1.82, 2.24) is 9.80 Å². The second-order valence-electron chi connectivity index (χ2n) is 8.13. The van der Waals surface area contributed by atoms with E-state index in [4.69, 9.17) is 0 Å². The van der Waals surface area contributed by atoms with Crippen LogP contribution in [0.3, 0.4) is 0 Å². The number of hydrogen-bond donors (Lipinski definition) is 1. The number of piperazine rings is 1. The summed E-state index contributed by atoms with van der Waals surface area (Å²) in [6.45, 7) is 6.55. The number of nitrogens with zero attached hydrogens (tertiary/aromatic N) is 3. The van der Waals surface area contributed by atoms with Gasteiger partial charge in [-0.3, -0.25) is 9.59 Å². The molecule has 6 heteroatoms. The van der Waals surface area contributed by atoms with E-state index in [1.165, 1.54) is 5.69 Å². The quantitative estimate of drug-likeness (QED) is 0.801. The third kappa shape index (κ3) is 4.75. The average molecular weight is 407 g/mol. The van der Waals surface area contributed by atoms with Crippen LogP contribution in [0.25, 0.3) is 0 Å². The lowest BCUT2D eigenvalue weighted by Gasteiger charge is -2.37. The van der Waals surface area contributed by atoms with Crippen molar-refractivity contribution in [2.24, 2.45) is 0 Å². The Bertz CT molecular complexity index is 878. The minimum atomic E-state index is -0.294. The molecule has 6 nitrogen and oxygen atoms in total. The molecule has 158 valence electrons. The van der Waals surface area contributed by atoms with Crippen molar-refractivity contribution < 1.29 is 9.59 Å². The standard InChI is InChI=1S/C24H30N4O2/c1-19(24(30)27-15-13-26(14-16-27)22-9-3-2-4-10-22)25-21-8-5-7-20(17-21)18-28-12-6-11-23(28)29/h2-5,7-10,17,19,25H,6,11-16,18H2,1H3. The highest BCUT2D eigenvalue weighted by Crippen LogP contribution is 2.19. The number of carbonyl (C=O) groups is 2. The van der Waals surface area contributed by atoms with Gasteiger partial charge in [0.05, 0.1) is 0 Å². The van der Waals surface area contributed by atoms with Crippen LogP contribution in [0.5, 0.6) is 0 Å². The van der Waals surface area contributed by atoms with E-state index in [0.717, 1.165) is 50.4 Å². The molecule has 0 radical (unpaired) electrons. The molecule has 4 rings (SSSR count). The van der Waals surface area contributed by atoms with Crippen LogP contribution in [0.15, 0.2) is 54.6 Å². The maximum absolute atomic E-state index is 12.9. The predicted octanol–water partition coefficient (Wildman–Crippen LogP) is 2.96. The minimum Gasteiger partial charge on any atom is -0.374 e. The van der Waals surface area contributed by atoms with Crippen molar-refractivity contribution in [3.8, 4) is 0 Å². The van der Waals surface area contributed by atoms with Gasteiger partial charge in [0.2, 0.25) is 11.8 Å². The molecule has 0 aromatic heterocycles. The van der Waals surface area contributed by atoms with Crippen LogP contribution in [-0.4, -0.2) is 60.4 Å². The summed E-state index contributed by atoms with van der Waals surface area (Å²) in [7, 11) is 0. The van der Waals surface area contributed by atoms with E-state index in [0.29, 0.717) is 13.0 Å². The number of carbonyl (C=O) groups excluding carboxylic acids is 2. The van der Waals surface area contributed by atoms with Gasteiger partial charge in [-0.15, -0.1) is 0 Å². The molecule has 0 spiro atoms. The van der Waals surface area contributed by atoms with E-state index in [2.05, 4.69) is 22.3 Å². The van der Waals surface area contributed by atoms with E-state index >= 15 is 0 Å². The largest absolute Gasteiger partial charge is 0.374 e. The lowest BCUT2D eigenvalue weighted by molar-refractivity contribution is -0.132. The van der Waals surface area contributed by atoms with E-state index < -0.39 is 0 Å². The highest BCUT2D eigenvalue weighted by Gasteiger charge is 2.25. The molecule has 1 unspecified atom stereocenters. The SMILES string of the molecule is CC(Nc1cccc(CN2CCCC2=O)c1)C(=O)N1CCN(c2ccccc2)CC1. The van der Waals surface area contributed by atoms with Gasteiger partial charge in [-0.05, 0) is 43.2 Å². The first-order chi connectivity index (χ1) is 14.6. The molecule has 2 heterocycles. The molecule has 1 N–H and O–H groups in total. The van der Waals surface area contributed by atoms with Gasteiger partial charge in [-0.1, -0.05) is 30.3 Å². The van der Waals surface area contributed by atoms with Crippen LogP contribution in [-0.2, 0) is 16.1 Å². The van der Waals surface area contributed by atoms with Crippen LogP contribution in [0.4, 0.5) is 11.4 Å². The highest BCUT2D eigenvalue weighted by molar-refractivity contribution is 5.84. The summed E-state index contributed by atoms with van der Waals surface area (Å²) < 4.78 is 0. The summed E-state index contributed by atoms with van der Waals surface area (Å²) in [5.41, 5.74) is 3.22. The lowest BCUT2D eigenvalue weighted by atomic mass is 10.1. The van der Waals surface area contributed by atoms with Gasteiger partial charge in [-0.25, -0.2) is 0 Å². The second kappa shape index (κ2) is 9.20. The summed E-state index contributed by atoms with van der Waals surface area (Å²) >= 11 is 0. The summed E-state index contributed by atoms with van der Waals surface area (Å²) in [4.78, 5) is 31.0. The molecule has 2 aromatic carbocycles. The zero-order valence-corrected chi connectivity index (χ0v) is 17.6. The van der Waals surface area contributed by atoms with Gasteiger partial charge in [0.1, 0.15) is 6.04 Å². The van der Waals surface area contributed by atoms with Crippen LogP contribution < -0.4 is 10.2 Å². The number of amides is 2. The summed E-state index contributed by atoms with van der Waals surface area (Å²) in [5.74, 6) is 0.356. The van der Waals surface area contributed by atoms with Crippen molar-refractivity contribution in [2.75, 3.05) is 42.9 Å². The minimum absolute atomic E-state index is 0.128. The third-order valence-corrected chi connectivity index (χ3v) is 5.94.